The summed E-state index contributed by atoms with van der Waals surface area (Å²) in [5.41, 5.74) is 0.975. The van der Waals surface area contributed by atoms with Gasteiger partial charge in [0.15, 0.2) is 5.60 Å². The van der Waals surface area contributed by atoms with Gasteiger partial charge >= 0.3 is 0 Å². The molecule has 1 aromatic heterocycles. The fraction of sp³-hybridized carbons (Fsp3) is 0.474. The van der Waals surface area contributed by atoms with Crippen molar-refractivity contribution < 1.29 is 9.90 Å². The number of aliphatic hydroxyl groups is 1. The number of hydrogen-bond acceptors (Lipinski definition) is 5. The van der Waals surface area contributed by atoms with E-state index >= 15 is 0 Å². The smallest absolute Gasteiger partial charge is 0.256 e. The van der Waals surface area contributed by atoms with Crippen molar-refractivity contribution in [3.63, 3.8) is 0 Å². The first-order chi connectivity index (χ1) is 12.0. The van der Waals surface area contributed by atoms with E-state index in [-0.39, 0.29) is 5.91 Å². The second kappa shape index (κ2) is 7.64. The Morgan fingerprint density at radius 1 is 1.44 bits per heavy atom. The van der Waals surface area contributed by atoms with Crippen LogP contribution in [0.3, 0.4) is 0 Å². The molecular weight excluding hydrogens is 334 g/mol. The second-order valence-corrected chi connectivity index (χ2v) is 7.93. The molecule has 1 saturated heterocycles. The van der Waals surface area contributed by atoms with E-state index in [2.05, 4.69) is 11.1 Å². The van der Waals surface area contributed by atoms with Crippen LogP contribution in [-0.4, -0.2) is 51.5 Å². The summed E-state index contributed by atoms with van der Waals surface area (Å²) < 4.78 is 0. The highest BCUT2D eigenvalue weighted by Gasteiger charge is 2.42. The lowest BCUT2D eigenvalue weighted by Gasteiger charge is -2.40. The van der Waals surface area contributed by atoms with Gasteiger partial charge in [-0.3, -0.25) is 9.69 Å². The lowest BCUT2D eigenvalue weighted by atomic mass is 9.90. The molecule has 1 fully saturated rings. The number of aryl methyl sites for hydroxylation is 1. The number of carbonyl (C=O) groups is 1. The molecule has 1 N–H and O–H groups in total. The van der Waals surface area contributed by atoms with Crippen LogP contribution in [0, 0.1) is 6.92 Å². The van der Waals surface area contributed by atoms with Crippen LogP contribution >= 0.6 is 11.3 Å². The summed E-state index contributed by atoms with van der Waals surface area (Å²) in [6.07, 6.45) is 3.11. The average molecular weight is 359 g/mol. The van der Waals surface area contributed by atoms with Crippen molar-refractivity contribution >= 4 is 17.2 Å². The fourth-order valence-electron chi connectivity index (χ4n) is 3.46. The van der Waals surface area contributed by atoms with Gasteiger partial charge in [0.05, 0.1) is 6.54 Å². The van der Waals surface area contributed by atoms with Gasteiger partial charge in [0.1, 0.15) is 5.01 Å². The molecule has 0 radical (unpaired) electrons. The van der Waals surface area contributed by atoms with Crippen LogP contribution in [0.1, 0.15) is 29.0 Å². The zero-order chi connectivity index (χ0) is 17.9. The highest BCUT2D eigenvalue weighted by atomic mass is 32.1. The first-order valence-electron chi connectivity index (χ1n) is 8.60. The third kappa shape index (κ3) is 4.45. The number of nitrogens with zero attached hydrogens (tertiary/aromatic N) is 3. The standard InChI is InChI=1S/C19H25N3O2S/c1-15-5-3-6-16(11-15)12-22-9-4-7-19(24,18(22)23)14-21(2)13-17-20-8-10-25-17/h3,5-6,8,10-11,24H,4,7,9,12-14H2,1-2H3/t19-/m0/s1. The minimum Gasteiger partial charge on any atom is -0.379 e. The van der Waals surface area contributed by atoms with Gasteiger partial charge in [-0.2, -0.15) is 0 Å². The Morgan fingerprint density at radius 3 is 3.00 bits per heavy atom. The SMILES string of the molecule is Cc1cccc(CN2CCC[C@](O)(CN(C)Cc3nccs3)C2=O)c1. The third-order valence-electron chi connectivity index (χ3n) is 4.58. The third-order valence-corrected chi connectivity index (χ3v) is 5.34. The first-order valence-corrected chi connectivity index (χ1v) is 9.48. The van der Waals surface area contributed by atoms with Crippen molar-refractivity contribution in [2.75, 3.05) is 20.1 Å². The summed E-state index contributed by atoms with van der Waals surface area (Å²) in [4.78, 5) is 20.9. The van der Waals surface area contributed by atoms with Gasteiger partial charge in [0, 0.05) is 31.2 Å². The van der Waals surface area contributed by atoms with Crippen molar-refractivity contribution in [3.8, 4) is 0 Å². The quantitative estimate of drug-likeness (QED) is 0.861. The van der Waals surface area contributed by atoms with E-state index in [0.717, 1.165) is 17.0 Å². The minimum atomic E-state index is -1.31. The normalized spacial score (nSPS) is 21.1. The number of likely N-dealkylation sites (tertiary alicyclic amines) is 1. The van der Waals surface area contributed by atoms with Crippen LogP contribution in [0.4, 0.5) is 0 Å². The summed E-state index contributed by atoms with van der Waals surface area (Å²) in [5, 5.41) is 13.9. The molecule has 2 aromatic rings. The van der Waals surface area contributed by atoms with Crippen LogP contribution in [0.5, 0.6) is 0 Å². The first kappa shape index (κ1) is 18.0. The molecule has 134 valence electrons. The van der Waals surface area contributed by atoms with Gasteiger partial charge in [0.2, 0.25) is 0 Å². The molecule has 0 unspecified atom stereocenters. The Morgan fingerprint density at radius 2 is 2.28 bits per heavy atom. The van der Waals surface area contributed by atoms with E-state index in [1.54, 1.807) is 22.4 Å². The molecule has 5 nitrogen and oxygen atoms in total. The number of amides is 1. The molecule has 1 atom stereocenters. The summed E-state index contributed by atoms with van der Waals surface area (Å²) >= 11 is 1.59. The molecule has 1 aliphatic rings. The highest BCUT2D eigenvalue weighted by Crippen LogP contribution is 2.26. The van der Waals surface area contributed by atoms with E-state index in [4.69, 9.17) is 0 Å². The van der Waals surface area contributed by atoms with Crippen LogP contribution in [0.2, 0.25) is 0 Å². The molecule has 3 rings (SSSR count). The van der Waals surface area contributed by atoms with Crippen LogP contribution in [0.25, 0.3) is 0 Å². The largest absolute Gasteiger partial charge is 0.379 e. The molecule has 25 heavy (non-hydrogen) atoms. The number of carbonyl (C=O) groups excluding carboxylic acids is 1. The maximum absolute atomic E-state index is 12.9. The molecule has 1 aliphatic heterocycles. The average Bonchev–Trinajstić information content (AvgIpc) is 3.05. The fourth-order valence-corrected chi connectivity index (χ4v) is 4.15. The topological polar surface area (TPSA) is 56.7 Å². The second-order valence-electron chi connectivity index (χ2n) is 6.95. The number of likely N-dealkylation sites (N-methyl/N-ethyl adjacent to an activating group) is 1. The predicted molar refractivity (Wildman–Crippen MR) is 99.2 cm³/mol. The summed E-state index contributed by atoms with van der Waals surface area (Å²) in [6, 6.07) is 8.18. The molecule has 1 aromatic carbocycles. The Hall–Kier alpha value is -1.76. The highest BCUT2D eigenvalue weighted by molar-refractivity contribution is 7.09. The Balaban J connectivity index is 1.65. The van der Waals surface area contributed by atoms with Crippen LogP contribution in [0.15, 0.2) is 35.8 Å². The molecule has 0 spiro atoms. The van der Waals surface area contributed by atoms with Gasteiger partial charge in [-0.05, 0) is 32.4 Å². The van der Waals surface area contributed by atoms with Crippen LogP contribution in [-0.2, 0) is 17.9 Å². The molecular formula is C19H25N3O2S. The Kier molecular flexibility index (Phi) is 5.51. The van der Waals surface area contributed by atoms with E-state index in [1.165, 1.54) is 5.56 Å². The zero-order valence-corrected chi connectivity index (χ0v) is 15.6. The Labute approximate surface area is 152 Å². The summed E-state index contributed by atoms with van der Waals surface area (Å²) in [7, 11) is 1.92. The van der Waals surface area contributed by atoms with Gasteiger partial charge in [-0.15, -0.1) is 11.3 Å². The summed E-state index contributed by atoms with van der Waals surface area (Å²) in [6.45, 7) is 4.27. The summed E-state index contributed by atoms with van der Waals surface area (Å²) in [5.74, 6) is -0.161. The van der Waals surface area contributed by atoms with Crippen molar-refractivity contribution in [2.45, 2.75) is 38.5 Å². The van der Waals surface area contributed by atoms with Crippen molar-refractivity contribution in [1.82, 2.24) is 14.8 Å². The molecule has 2 heterocycles. The maximum Gasteiger partial charge on any atom is 0.256 e. The predicted octanol–water partition coefficient (Wildman–Crippen LogP) is 2.44. The van der Waals surface area contributed by atoms with Gasteiger partial charge in [0.25, 0.3) is 5.91 Å². The number of benzene rings is 1. The van der Waals surface area contributed by atoms with E-state index in [1.807, 2.05) is 42.5 Å². The lowest BCUT2D eigenvalue weighted by Crippen LogP contribution is -2.57. The minimum absolute atomic E-state index is 0.161. The lowest BCUT2D eigenvalue weighted by molar-refractivity contribution is -0.160. The number of thiazole rings is 1. The van der Waals surface area contributed by atoms with Crippen molar-refractivity contribution in [2.24, 2.45) is 0 Å². The van der Waals surface area contributed by atoms with E-state index in [9.17, 15) is 9.90 Å². The molecule has 0 bridgehead atoms. The molecule has 0 aliphatic carbocycles. The molecule has 1 amide bonds. The Bertz CT molecular complexity index is 719. The van der Waals surface area contributed by atoms with Crippen molar-refractivity contribution in [1.29, 1.82) is 0 Å². The molecule has 0 saturated carbocycles. The number of aromatic nitrogens is 1. The molecule has 6 heteroatoms. The van der Waals surface area contributed by atoms with E-state index < -0.39 is 5.60 Å². The van der Waals surface area contributed by atoms with Gasteiger partial charge in [-0.25, -0.2) is 4.98 Å². The number of piperidine rings is 1. The zero-order valence-electron chi connectivity index (χ0n) is 14.8. The number of hydrogen-bond donors (Lipinski definition) is 1. The van der Waals surface area contributed by atoms with Gasteiger partial charge in [-0.1, -0.05) is 29.8 Å². The van der Waals surface area contributed by atoms with E-state index in [0.29, 0.717) is 32.6 Å². The maximum atomic E-state index is 12.9. The van der Waals surface area contributed by atoms with Gasteiger partial charge < -0.3 is 10.0 Å². The van der Waals surface area contributed by atoms with Crippen LogP contribution < -0.4 is 0 Å². The number of rotatable bonds is 6. The monoisotopic (exact) mass is 359 g/mol. The van der Waals surface area contributed by atoms with Crippen molar-refractivity contribution in [3.05, 3.63) is 52.0 Å².